The van der Waals surface area contributed by atoms with Crippen LogP contribution in [0.15, 0.2) is 17.2 Å². The summed E-state index contributed by atoms with van der Waals surface area (Å²) in [6.45, 7) is 7.72. The average molecular weight is 314 g/mol. The molecular formula is C14H26N4O2S. The van der Waals surface area contributed by atoms with Crippen molar-refractivity contribution in [1.82, 2.24) is 14.2 Å². The number of nitrogens with one attached hydrogen (secondary N) is 1. The molecule has 0 spiro atoms. The highest BCUT2D eigenvalue weighted by Gasteiger charge is 2.19. The molecule has 1 aromatic rings. The smallest absolute Gasteiger partial charge is 0.242 e. The van der Waals surface area contributed by atoms with E-state index in [0.717, 1.165) is 25.3 Å². The molecule has 120 valence electrons. The maximum Gasteiger partial charge on any atom is 0.242 e. The molecule has 21 heavy (non-hydrogen) atoms. The van der Waals surface area contributed by atoms with Gasteiger partial charge in [-0.3, -0.25) is 0 Å². The topological polar surface area (TPSA) is 80.4 Å². The van der Waals surface area contributed by atoms with Gasteiger partial charge in [0.25, 0.3) is 0 Å². The predicted octanol–water partition coefficient (Wildman–Crippen LogP) is 0.902. The first kappa shape index (κ1) is 16.5. The summed E-state index contributed by atoms with van der Waals surface area (Å²) in [5.74, 6) is 0. The lowest BCUT2D eigenvalue weighted by Crippen LogP contribution is -2.33. The SMILES string of the molecule is CC(C)n1cc(S(=O)(=O)NCCN2CCCC2)cc1CN. The molecule has 1 saturated heterocycles. The zero-order chi connectivity index (χ0) is 15.5. The van der Waals surface area contributed by atoms with Crippen LogP contribution < -0.4 is 10.5 Å². The normalized spacial score (nSPS) is 17.0. The van der Waals surface area contributed by atoms with Gasteiger partial charge in [-0.1, -0.05) is 0 Å². The van der Waals surface area contributed by atoms with Crippen LogP contribution in [0, 0.1) is 0 Å². The molecule has 0 bridgehead atoms. The van der Waals surface area contributed by atoms with E-state index in [1.807, 2.05) is 18.4 Å². The lowest BCUT2D eigenvalue weighted by atomic mass is 10.3. The van der Waals surface area contributed by atoms with E-state index < -0.39 is 10.0 Å². The molecule has 7 heteroatoms. The van der Waals surface area contributed by atoms with Crippen molar-refractivity contribution in [3.8, 4) is 0 Å². The summed E-state index contributed by atoms with van der Waals surface area (Å²) >= 11 is 0. The number of aromatic nitrogens is 1. The Morgan fingerprint density at radius 3 is 2.52 bits per heavy atom. The van der Waals surface area contributed by atoms with Gasteiger partial charge in [-0.2, -0.15) is 0 Å². The maximum atomic E-state index is 12.3. The van der Waals surface area contributed by atoms with Crippen molar-refractivity contribution in [3.63, 3.8) is 0 Å². The van der Waals surface area contributed by atoms with E-state index in [2.05, 4.69) is 9.62 Å². The Hall–Kier alpha value is -0.890. The largest absolute Gasteiger partial charge is 0.346 e. The summed E-state index contributed by atoms with van der Waals surface area (Å²) in [6.07, 6.45) is 4.10. The van der Waals surface area contributed by atoms with Crippen LogP contribution in [-0.2, 0) is 16.6 Å². The number of nitrogens with zero attached hydrogens (tertiary/aromatic N) is 2. The molecule has 0 atom stereocenters. The van der Waals surface area contributed by atoms with Crippen LogP contribution in [0.25, 0.3) is 0 Å². The van der Waals surface area contributed by atoms with Gasteiger partial charge in [0, 0.05) is 37.6 Å². The summed E-state index contributed by atoms with van der Waals surface area (Å²) in [5, 5.41) is 0. The Morgan fingerprint density at radius 2 is 2.00 bits per heavy atom. The minimum atomic E-state index is -3.45. The molecule has 0 saturated carbocycles. The van der Waals surface area contributed by atoms with Gasteiger partial charge >= 0.3 is 0 Å². The number of hydrogen-bond acceptors (Lipinski definition) is 4. The van der Waals surface area contributed by atoms with E-state index in [1.54, 1.807) is 12.3 Å². The van der Waals surface area contributed by atoms with Gasteiger partial charge in [-0.05, 0) is 45.8 Å². The molecule has 3 N–H and O–H groups in total. The third kappa shape index (κ3) is 4.06. The highest BCUT2D eigenvalue weighted by atomic mass is 32.2. The van der Waals surface area contributed by atoms with Gasteiger partial charge in [0.15, 0.2) is 0 Å². The molecule has 1 aliphatic rings. The van der Waals surface area contributed by atoms with Crippen molar-refractivity contribution < 1.29 is 8.42 Å². The number of likely N-dealkylation sites (tertiary alicyclic amines) is 1. The van der Waals surface area contributed by atoms with E-state index in [-0.39, 0.29) is 6.04 Å². The summed E-state index contributed by atoms with van der Waals surface area (Å²) in [5.41, 5.74) is 6.52. The van der Waals surface area contributed by atoms with Gasteiger partial charge in [-0.25, -0.2) is 13.1 Å². The van der Waals surface area contributed by atoms with E-state index in [9.17, 15) is 8.42 Å². The molecule has 0 radical (unpaired) electrons. The van der Waals surface area contributed by atoms with Crippen molar-refractivity contribution in [2.75, 3.05) is 26.2 Å². The molecule has 1 aromatic heterocycles. The zero-order valence-corrected chi connectivity index (χ0v) is 13.7. The molecule has 6 nitrogen and oxygen atoms in total. The molecule has 2 rings (SSSR count). The first-order valence-electron chi connectivity index (χ1n) is 7.57. The second kappa shape index (κ2) is 6.91. The third-order valence-corrected chi connectivity index (χ3v) is 5.33. The molecule has 0 aromatic carbocycles. The minimum Gasteiger partial charge on any atom is -0.346 e. The van der Waals surface area contributed by atoms with Gasteiger partial charge in [0.05, 0.1) is 4.90 Å². The fourth-order valence-electron chi connectivity index (χ4n) is 2.72. The minimum absolute atomic E-state index is 0.192. The van der Waals surface area contributed by atoms with Crippen LogP contribution in [0.5, 0.6) is 0 Å². The standard InChI is InChI=1S/C14H26N4O2S/c1-12(2)18-11-14(9-13(18)10-15)21(19,20)16-5-8-17-6-3-4-7-17/h9,11-12,16H,3-8,10,15H2,1-2H3. The molecular weight excluding hydrogens is 288 g/mol. The Kier molecular flexibility index (Phi) is 5.43. The van der Waals surface area contributed by atoms with Gasteiger partial charge < -0.3 is 15.2 Å². The highest BCUT2D eigenvalue weighted by molar-refractivity contribution is 7.89. The quantitative estimate of drug-likeness (QED) is 0.784. The number of sulfonamides is 1. The van der Waals surface area contributed by atoms with Crippen molar-refractivity contribution >= 4 is 10.0 Å². The first-order chi connectivity index (χ1) is 9.94. The summed E-state index contributed by atoms with van der Waals surface area (Å²) in [7, 11) is -3.45. The first-order valence-corrected chi connectivity index (χ1v) is 9.05. The maximum absolute atomic E-state index is 12.3. The summed E-state index contributed by atoms with van der Waals surface area (Å²) in [4.78, 5) is 2.59. The molecule has 1 fully saturated rings. The molecule has 0 aliphatic carbocycles. The number of hydrogen-bond donors (Lipinski definition) is 2. The number of rotatable bonds is 7. The second-order valence-electron chi connectivity index (χ2n) is 5.82. The third-order valence-electron chi connectivity index (χ3n) is 3.90. The van der Waals surface area contributed by atoms with Crippen LogP contribution in [0.2, 0.25) is 0 Å². The zero-order valence-electron chi connectivity index (χ0n) is 12.9. The average Bonchev–Trinajstić information content (AvgIpc) is 3.07. The van der Waals surface area contributed by atoms with E-state index in [0.29, 0.717) is 18.0 Å². The van der Waals surface area contributed by atoms with Gasteiger partial charge in [0.1, 0.15) is 0 Å². The van der Waals surface area contributed by atoms with Gasteiger partial charge in [-0.15, -0.1) is 0 Å². The van der Waals surface area contributed by atoms with Crippen LogP contribution in [0.3, 0.4) is 0 Å². The fourth-order valence-corrected chi connectivity index (χ4v) is 3.79. The number of nitrogens with two attached hydrogens (primary N) is 1. The Labute approximate surface area is 127 Å². The molecule has 0 unspecified atom stereocenters. The molecule has 2 heterocycles. The van der Waals surface area contributed by atoms with Crippen molar-refractivity contribution in [2.24, 2.45) is 5.73 Å². The fraction of sp³-hybridized carbons (Fsp3) is 0.714. The van der Waals surface area contributed by atoms with E-state index in [4.69, 9.17) is 5.73 Å². The molecule has 0 amide bonds. The van der Waals surface area contributed by atoms with Crippen molar-refractivity contribution in [1.29, 1.82) is 0 Å². The van der Waals surface area contributed by atoms with Crippen LogP contribution in [-0.4, -0.2) is 44.1 Å². The van der Waals surface area contributed by atoms with E-state index >= 15 is 0 Å². The Balaban J connectivity index is 2.01. The lowest BCUT2D eigenvalue weighted by Gasteiger charge is -2.14. The summed E-state index contributed by atoms with van der Waals surface area (Å²) < 4.78 is 29.2. The van der Waals surface area contributed by atoms with Gasteiger partial charge in [0.2, 0.25) is 10.0 Å². The van der Waals surface area contributed by atoms with Crippen LogP contribution >= 0.6 is 0 Å². The lowest BCUT2D eigenvalue weighted by molar-refractivity contribution is 0.344. The molecule has 1 aliphatic heterocycles. The van der Waals surface area contributed by atoms with E-state index in [1.165, 1.54) is 12.8 Å². The van der Waals surface area contributed by atoms with Crippen molar-refractivity contribution in [3.05, 3.63) is 18.0 Å². The monoisotopic (exact) mass is 314 g/mol. The summed E-state index contributed by atoms with van der Waals surface area (Å²) in [6, 6.07) is 1.86. The predicted molar refractivity (Wildman–Crippen MR) is 83.6 cm³/mol. The Bertz CT molecular complexity index is 560. The van der Waals surface area contributed by atoms with Crippen LogP contribution in [0.1, 0.15) is 38.4 Å². The highest BCUT2D eigenvalue weighted by Crippen LogP contribution is 2.18. The van der Waals surface area contributed by atoms with Crippen LogP contribution in [0.4, 0.5) is 0 Å². The second-order valence-corrected chi connectivity index (χ2v) is 7.59. The van der Waals surface area contributed by atoms with Crippen molar-refractivity contribution in [2.45, 2.75) is 44.2 Å². The Morgan fingerprint density at radius 1 is 1.33 bits per heavy atom.